The molecular weight excluding hydrogens is 186 g/mol. The van der Waals surface area contributed by atoms with Crippen LogP contribution in [0.5, 0.6) is 0 Å². The summed E-state index contributed by atoms with van der Waals surface area (Å²) >= 11 is 0. The maximum Gasteiger partial charge on any atom is 0.0622 e. The van der Waals surface area contributed by atoms with Crippen LogP contribution in [0.1, 0.15) is 53.9 Å². The third-order valence-corrected chi connectivity index (χ3v) is 2.98. The van der Waals surface area contributed by atoms with Crippen LogP contribution >= 0.6 is 0 Å². The molecule has 0 aromatic rings. The van der Waals surface area contributed by atoms with Crippen LogP contribution in [0.15, 0.2) is 0 Å². The van der Waals surface area contributed by atoms with Gasteiger partial charge in [-0.3, -0.25) is 0 Å². The van der Waals surface area contributed by atoms with Crippen molar-refractivity contribution in [3.05, 3.63) is 0 Å². The Labute approximate surface area is 95.8 Å². The molecule has 92 valence electrons. The molecule has 0 aliphatic rings. The highest BCUT2D eigenvalue weighted by Gasteiger charge is 2.17. The van der Waals surface area contributed by atoms with Crippen molar-refractivity contribution in [2.45, 2.75) is 65.5 Å². The van der Waals surface area contributed by atoms with Crippen molar-refractivity contribution in [2.24, 2.45) is 5.92 Å². The first-order chi connectivity index (χ1) is 6.87. The molecule has 0 heterocycles. The van der Waals surface area contributed by atoms with E-state index < -0.39 is 0 Å². The minimum atomic E-state index is 0.0414. The second-order valence-corrected chi connectivity index (χ2v) is 5.51. The van der Waals surface area contributed by atoms with E-state index in [4.69, 9.17) is 4.74 Å². The first-order valence-electron chi connectivity index (χ1n) is 6.16. The minimum absolute atomic E-state index is 0.0414. The Bertz CT molecular complexity index is 155. The third kappa shape index (κ3) is 8.88. The van der Waals surface area contributed by atoms with Crippen molar-refractivity contribution in [2.75, 3.05) is 13.7 Å². The van der Waals surface area contributed by atoms with Crippen LogP contribution in [0.2, 0.25) is 0 Å². The summed E-state index contributed by atoms with van der Waals surface area (Å²) in [6.07, 6.45) is 3.66. The molecule has 0 aromatic carbocycles. The van der Waals surface area contributed by atoms with Gasteiger partial charge in [0.25, 0.3) is 0 Å². The third-order valence-electron chi connectivity index (χ3n) is 2.98. The number of hydrogen-bond donors (Lipinski definition) is 1. The van der Waals surface area contributed by atoms with Gasteiger partial charge in [0.05, 0.1) is 5.60 Å². The quantitative estimate of drug-likeness (QED) is 0.671. The van der Waals surface area contributed by atoms with Gasteiger partial charge in [0.15, 0.2) is 0 Å². The van der Waals surface area contributed by atoms with Gasteiger partial charge in [0.1, 0.15) is 0 Å². The van der Waals surface area contributed by atoms with Gasteiger partial charge in [0.2, 0.25) is 0 Å². The van der Waals surface area contributed by atoms with E-state index in [9.17, 15) is 0 Å². The van der Waals surface area contributed by atoms with Crippen LogP contribution in [-0.4, -0.2) is 25.3 Å². The molecule has 0 fully saturated rings. The lowest BCUT2D eigenvalue weighted by Crippen LogP contribution is -2.26. The summed E-state index contributed by atoms with van der Waals surface area (Å²) in [5, 5.41) is 3.46. The Kier molecular flexibility index (Phi) is 7.20. The average Bonchev–Trinajstić information content (AvgIpc) is 2.14. The number of ether oxygens (including phenoxy) is 1. The lowest BCUT2D eigenvalue weighted by Gasteiger charge is -2.24. The highest BCUT2D eigenvalue weighted by Crippen LogP contribution is 2.20. The summed E-state index contributed by atoms with van der Waals surface area (Å²) in [6.45, 7) is 12.2. The van der Waals surface area contributed by atoms with Gasteiger partial charge in [-0.2, -0.15) is 0 Å². The SMILES string of the molecule is COC(C)(C)CCC(C)CCNC(C)C. The van der Waals surface area contributed by atoms with Crippen LogP contribution in [0.3, 0.4) is 0 Å². The molecule has 2 heteroatoms. The smallest absolute Gasteiger partial charge is 0.0622 e. The topological polar surface area (TPSA) is 21.3 Å². The van der Waals surface area contributed by atoms with Crippen LogP contribution in [0.25, 0.3) is 0 Å². The largest absolute Gasteiger partial charge is 0.379 e. The summed E-state index contributed by atoms with van der Waals surface area (Å²) in [5.74, 6) is 0.783. The molecular formula is C13H29NO. The van der Waals surface area contributed by atoms with Crippen molar-refractivity contribution in [3.63, 3.8) is 0 Å². The van der Waals surface area contributed by atoms with Gasteiger partial charge in [-0.1, -0.05) is 20.8 Å². The fourth-order valence-corrected chi connectivity index (χ4v) is 1.46. The molecule has 15 heavy (non-hydrogen) atoms. The van der Waals surface area contributed by atoms with Crippen LogP contribution < -0.4 is 5.32 Å². The van der Waals surface area contributed by atoms with Gasteiger partial charge >= 0.3 is 0 Å². The Balaban J connectivity index is 3.53. The molecule has 0 radical (unpaired) electrons. The molecule has 1 unspecified atom stereocenters. The zero-order valence-corrected chi connectivity index (χ0v) is 11.4. The molecule has 1 atom stereocenters. The summed E-state index contributed by atoms with van der Waals surface area (Å²) in [7, 11) is 1.80. The first kappa shape index (κ1) is 14.9. The van der Waals surface area contributed by atoms with E-state index in [1.165, 1.54) is 12.8 Å². The van der Waals surface area contributed by atoms with E-state index in [0.717, 1.165) is 18.9 Å². The van der Waals surface area contributed by atoms with E-state index in [1.54, 1.807) is 7.11 Å². The van der Waals surface area contributed by atoms with Crippen molar-refractivity contribution in [1.29, 1.82) is 0 Å². The van der Waals surface area contributed by atoms with Gasteiger partial charge in [-0.15, -0.1) is 0 Å². The predicted molar refractivity (Wildman–Crippen MR) is 67.2 cm³/mol. The highest BCUT2D eigenvalue weighted by atomic mass is 16.5. The maximum absolute atomic E-state index is 5.42. The van der Waals surface area contributed by atoms with E-state index in [0.29, 0.717) is 6.04 Å². The zero-order valence-electron chi connectivity index (χ0n) is 11.4. The Morgan fingerprint density at radius 1 is 1.13 bits per heavy atom. The molecule has 0 aliphatic heterocycles. The molecule has 2 nitrogen and oxygen atoms in total. The van der Waals surface area contributed by atoms with Gasteiger partial charge in [-0.25, -0.2) is 0 Å². The number of hydrogen-bond acceptors (Lipinski definition) is 2. The fourth-order valence-electron chi connectivity index (χ4n) is 1.46. The molecule has 0 spiro atoms. The number of nitrogens with one attached hydrogen (secondary N) is 1. The van der Waals surface area contributed by atoms with Gasteiger partial charge < -0.3 is 10.1 Å². The molecule has 0 amide bonds. The summed E-state index contributed by atoms with van der Waals surface area (Å²) in [5.41, 5.74) is 0.0414. The zero-order chi connectivity index (χ0) is 11.9. The summed E-state index contributed by atoms with van der Waals surface area (Å²) in [6, 6.07) is 0.604. The van der Waals surface area contributed by atoms with Gasteiger partial charge in [0, 0.05) is 13.2 Å². The minimum Gasteiger partial charge on any atom is -0.379 e. The van der Waals surface area contributed by atoms with E-state index in [2.05, 4.69) is 39.9 Å². The molecule has 0 saturated carbocycles. The van der Waals surface area contributed by atoms with Crippen LogP contribution in [0, 0.1) is 5.92 Å². The first-order valence-corrected chi connectivity index (χ1v) is 6.16. The van der Waals surface area contributed by atoms with Gasteiger partial charge in [-0.05, 0) is 45.6 Å². The molecule has 0 saturated heterocycles. The average molecular weight is 215 g/mol. The number of methoxy groups -OCH3 is 1. The lowest BCUT2D eigenvalue weighted by molar-refractivity contribution is 0.0106. The Hall–Kier alpha value is -0.0800. The van der Waals surface area contributed by atoms with Crippen molar-refractivity contribution in [1.82, 2.24) is 5.32 Å². The van der Waals surface area contributed by atoms with E-state index >= 15 is 0 Å². The normalized spacial score (nSPS) is 14.6. The van der Waals surface area contributed by atoms with Crippen molar-refractivity contribution >= 4 is 0 Å². The van der Waals surface area contributed by atoms with E-state index in [-0.39, 0.29) is 5.60 Å². The second-order valence-electron chi connectivity index (χ2n) is 5.51. The summed E-state index contributed by atoms with van der Waals surface area (Å²) < 4.78 is 5.42. The number of rotatable bonds is 8. The van der Waals surface area contributed by atoms with Crippen LogP contribution in [-0.2, 0) is 4.74 Å². The fraction of sp³-hybridized carbons (Fsp3) is 1.00. The van der Waals surface area contributed by atoms with E-state index in [1.807, 2.05) is 0 Å². The molecule has 1 N–H and O–H groups in total. The molecule has 0 bridgehead atoms. The van der Waals surface area contributed by atoms with Crippen molar-refractivity contribution < 1.29 is 4.74 Å². The Morgan fingerprint density at radius 3 is 2.20 bits per heavy atom. The monoisotopic (exact) mass is 215 g/mol. The standard InChI is InChI=1S/C13H29NO/c1-11(2)14-10-8-12(3)7-9-13(4,5)15-6/h11-12,14H,7-10H2,1-6H3. The van der Waals surface area contributed by atoms with Crippen LogP contribution in [0.4, 0.5) is 0 Å². The molecule has 0 aliphatic carbocycles. The molecule has 0 aromatic heterocycles. The second kappa shape index (κ2) is 7.24. The predicted octanol–water partition coefficient (Wildman–Crippen LogP) is 3.22. The molecule has 0 rings (SSSR count). The Morgan fingerprint density at radius 2 is 1.73 bits per heavy atom. The lowest BCUT2D eigenvalue weighted by atomic mass is 9.94. The highest BCUT2D eigenvalue weighted by molar-refractivity contribution is 4.70. The summed E-state index contributed by atoms with van der Waals surface area (Å²) in [4.78, 5) is 0. The maximum atomic E-state index is 5.42. The van der Waals surface area contributed by atoms with Crippen molar-refractivity contribution in [3.8, 4) is 0 Å².